The molecular formula is C13H17N3O4. The number of nitrogens with one attached hydrogen (secondary N) is 1. The fraction of sp³-hybridized carbons (Fsp3) is 0.462. The Morgan fingerprint density at radius 2 is 2.35 bits per heavy atom. The standard InChI is InChI=1S/C13H17N3O4/c1-2-14-12-10(4-3-5-11(12)16(19)20)13(18)15-7-6-9(17)8-15/h3-5,9,14,17H,2,6-8H2,1H3. The molecule has 7 heteroatoms. The van der Waals surface area contributed by atoms with Gasteiger partial charge in [-0.25, -0.2) is 0 Å². The Kier molecular flexibility index (Phi) is 4.19. The predicted molar refractivity (Wildman–Crippen MR) is 73.8 cm³/mol. The Bertz CT molecular complexity index is 532. The van der Waals surface area contributed by atoms with Crippen LogP contribution in [0.4, 0.5) is 11.4 Å². The van der Waals surface area contributed by atoms with Crippen molar-refractivity contribution in [2.75, 3.05) is 25.0 Å². The number of aliphatic hydroxyl groups excluding tert-OH is 1. The molecule has 0 saturated carbocycles. The van der Waals surface area contributed by atoms with E-state index in [1.54, 1.807) is 6.07 Å². The van der Waals surface area contributed by atoms with Crippen LogP contribution in [0.1, 0.15) is 23.7 Å². The van der Waals surface area contributed by atoms with Crippen LogP contribution in [0.15, 0.2) is 18.2 Å². The lowest BCUT2D eigenvalue weighted by atomic mass is 10.1. The molecule has 0 aliphatic carbocycles. The van der Waals surface area contributed by atoms with Gasteiger partial charge >= 0.3 is 0 Å². The molecule has 1 aromatic carbocycles. The van der Waals surface area contributed by atoms with Crippen LogP contribution in [0.25, 0.3) is 0 Å². The first-order chi connectivity index (χ1) is 9.54. The third-order valence-electron chi connectivity index (χ3n) is 3.27. The molecule has 20 heavy (non-hydrogen) atoms. The fourth-order valence-electron chi connectivity index (χ4n) is 2.33. The zero-order valence-electron chi connectivity index (χ0n) is 11.2. The second-order valence-corrected chi connectivity index (χ2v) is 4.68. The first-order valence-electron chi connectivity index (χ1n) is 6.53. The minimum absolute atomic E-state index is 0.113. The summed E-state index contributed by atoms with van der Waals surface area (Å²) in [5, 5.41) is 23.4. The van der Waals surface area contributed by atoms with Crippen molar-refractivity contribution in [1.29, 1.82) is 0 Å². The van der Waals surface area contributed by atoms with Crippen molar-refractivity contribution in [2.45, 2.75) is 19.4 Å². The van der Waals surface area contributed by atoms with Crippen LogP contribution < -0.4 is 5.32 Å². The molecule has 1 unspecified atom stereocenters. The molecule has 1 aromatic rings. The van der Waals surface area contributed by atoms with E-state index >= 15 is 0 Å². The van der Waals surface area contributed by atoms with E-state index in [0.717, 1.165) is 0 Å². The monoisotopic (exact) mass is 279 g/mol. The summed E-state index contributed by atoms with van der Waals surface area (Å²) < 4.78 is 0. The number of para-hydroxylation sites is 1. The van der Waals surface area contributed by atoms with Gasteiger partial charge in [0.1, 0.15) is 5.69 Å². The summed E-state index contributed by atoms with van der Waals surface area (Å²) in [5.41, 5.74) is 0.402. The van der Waals surface area contributed by atoms with Crippen LogP contribution in [0.3, 0.4) is 0 Å². The number of nitro groups is 1. The van der Waals surface area contributed by atoms with Crippen molar-refractivity contribution in [3.63, 3.8) is 0 Å². The molecule has 1 atom stereocenters. The van der Waals surface area contributed by atoms with Crippen LogP contribution in [-0.4, -0.2) is 46.6 Å². The number of anilines is 1. The van der Waals surface area contributed by atoms with Gasteiger partial charge in [0.15, 0.2) is 0 Å². The molecule has 0 aromatic heterocycles. The molecule has 0 bridgehead atoms. The van der Waals surface area contributed by atoms with Crippen LogP contribution in [0.2, 0.25) is 0 Å². The Morgan fingerprint density at radius 1 is 1.60 bits per heavy atom. The number of nitro benzene ring substituents is 1. The normalized spacial score (nSPS) is 18.1. The van der Waals surface area contributed by atoms with E-state index in [-0.39, 0.29) is 29.4 Å². The van der Waals surface area contributed by atoms with E-state index in [0.29, 0.717) is 19.5 Å². The van der Waals surface area contributed by atoms with E-state index in [9.17, 15) is 20.0 Å². The van der Waals surface area contributed by atoms with E-state index < -0.39 is 11.0 Å². The number of carbonyl (C=O) groups excluding carboxylic acids is 1. The van der Waals surface area contributed by atoms with E-state index in [4.69, 9.17) is 0 Å². The molecular weight excluding hydrogens is 262 g/mol. The fourth-order valence-corrected chi connectivity index (χ4v) is 2.33. The molecule has 2 N–H and O–H groups in total. The Hall–Kier alpha value is -2.15. The lowest BCUT2D eigenvalue weighted by molar-refractivity contribution is -0.384. The third kappa shape index (κ3) is 2.72. The van der Waals surface area contributed by atoms with Crippen molar-refractivity contribution in [1.82, 2.24) is 4.90 Å². The van der Waals surface area contributed by atoms with Gasteiger partial charge in [0, 0.05) is 25.7 Å². The molecule has 0 spiro atoms. The number of β-amino-alcohol motifs (C(OH)–C–C–N with tert-alkyl or cyclic N) is 1. The van der Waals surface area contributed by atoms with E-state index in [1.165, 1.54) is 17.0 Å². The van der Waals surface area contributed by atoms with Crippen molar-refractivity contribution >= 4 is 17.3 Å². The van der Waals surface area contributed by atoms with Crippen molar-refractivity contribution < 1.29 is 14.8 Å². The van der Waals surface area contributed by atoms with Gasteiger partial charge in [-0.1, -0.05) is 6.07 Å². The van der Waals surface area contributed by atoms with Gasteiger partial charge in [0.2, 0.25) is 0 Å². The second kappa shape index (κ2) is 5.87. The molecule has 2 rings (SSSR count). The number of nitrogens with zero attached hydrogens (tertiary/aromatic N) is 2. The van der Waals surface area contributed by atoms with Gasteiger partial charge in [-0.15, -0.1) is 0 Å². The first kappa shape index (κ1) is 14.3. The topological polar surface area (TPSA) is 95.7 Å². The molecule has 0 radical (unpaired) electrons. The van der Waals surface area contributed by atoms with Gasteiger partial charge in [0.25, 0.3) is 11.6 Å². The van der Waals surface area contributed by atoms with Crippen molar-refractivity contribution in [3.8, 4) is 0 Å². The maximum absolute atomic E-state index is 12.4. The second-order valence-electron chi connectivity index (χ2n) is 4.68. The molecule has 1 aliphatic heterocycles. The largest absolute Gasteiger partial charge is 0.391 e. The van der Waals surface area contributed by atoms with Crippen LogP contribution >= 0.6 is 0 Å². The number of benzene rings is 1. The number of hydrogen-bond donors (Lipinski definition) is 2. The summed E-state index contributed by atoms with van der Waals surface area (Å²) in [7, 11) is 0. The smallest absolute Gasteiger partial charge is 0.293 e. The summed E-state index contributed by atoms with van der Waals surface area (Å²) in [5.74, 6) is -0.291. The van der Waals surface area contributed by atoms with Gasteiger partial charge in [-0.2, -0.15) is 0 Å². The zero-order chi connectivity index (χ0) is 14.7. The molecule has 1 amide bonds. The van der Waals surface area contributed by atoms with E-state index in [1.807, 2.05) is 6.92 Å². The maximum Gasteiger partial charge on any atom is 0.293 e. The average Bonchev–Trinajstić information content (AvgIpc) is 2.85. The Labute approximate surface area is 116 Å². The first-order valence-corrected chi connectivity index (χ1v) is 6.53. The van der Waals surface area contributed by atoms with Crippen molar-refractivity contribution in [2.24, 2.45) is 0 Å². The highest BCUT2D eigenvalue weighted by atomic mass is 16.6. The summed E-state index contributed by atoms with van der Waals surface area (Å²) in [6.45, 7) is 3.03. The lowest BCUT2D eigenvalue weighted by Gasteiger charge is -2.18. The van der Waals surface area contributed by atoms with E-state index in [2.05, 4.69) is 5.32 Å². The lowest BCUT2D eigenvalue weighted by Crippen LogP contribution is -2.30. The van der Waals surface area contributed by atoms with Gasteiger partial charge in [-0.05, 0) is 19.4 Å². The SMILES string of the molecule is CCNc1c(C(=O)N2CCC(O)C2)cccc1[N+](=O)[O-]. The molecule has 1 saturated heterocycles. The molecule has 7 nitrogen and oxygen atoms in total. The van der Waals surface area contributed by atoms with Crippen LogP contribution in [0, 0.1) is 10.1 Å². The summed E-state index contributed by atoms with van der Waals surface area (Å²) in [6, 6.07) is 4.43. The number of amides is 1. The average molecular weight is 279 g/mol. The molecule has 1 aliphatic rings. The molecule has 108 valence electrons. The minimum Gasteiger partial charge on any atom is -0.391 e. The van der Waals surface area contributed by atoms with Crippen molar-refractivity contribution in [3.05, 3.63) is 33.9 Å². The highest BCUT2D eigenvalue weighted by Crippen LogP contribution is 2.29. The number of carbonyl (C=O) groups is 1. The predicted octanol–water partition coefficient (Wildman–Crippen LogP) is 1.23. The zero-order valence-corrected chi connectivity index (χ0v) is 11.2. The third-order valence-corrected chi connectivity index (χ3v) is 3.27. The maximum atomic E-state index is 12.4. The minimum atomic E-state index is -0.514. The number of rotatable bonds is 4. The number of hydrogen-bond acceptors (Lipinski definition) is 5. The van der Waals surface area contributed by atoms with Crippen LogP contribution in [0.5, 0.6) is 0 Å². The van der Waals surface area contributed by atoms with Crippen LogP contribution in [-0.2, 0) is 0 Å². The highest BCUT2D eigenvalue weighted by molar-refractivity contribution is 6.01. The number of aliphatic hydroxyl groups is 1. The Balaban J connectivity index is 2.37. The van der Waals surface area contributed by atoms with Gasteiger partial charge in [-0.3, -0.25) is 14.9 Å². The van der Waals surface area contributed by atoms with Gasteiger partial charge in [0.05, 0.1) is 16.6 Å². The number of likely N-dealkylation sites (tertiary alicyclic amines) is 1. The molecule has 1 fully saturated rings. The summed E-state index contributed by atoms with van der Waals surface area (Å²) in [4.78, 5) is 24.5. The summed E-state index contributed by atoms with van der Waals surface area (Å²) in [6.07, 6.45) is 0.0252. The molecule has 1 heterocycles. The van der Waals surface area contributed by atoms with Gasteiger partial charge < -0.3 is 15.3 Å². The summed E-state index contributed by atoms with van der Waals surface area (Å²) >= 11 is 0. The quantitative estimate of drug-likeness (QED) is 0.638. The highest BCUT2D eigenvalue weighted by Gasteiger charge is 2.29. The Morgan fingerprint density at radius 3 is 2.90 bits per heavy atom.